The van der Waals surface area contributed by atoms with Gasteiger partial charge < -0.3 is 26.0 Å². The monoisotopic (exact) mass is 320 g/mol. The number of likely N-dealkylation sites (tertiary alicyclic amines) is 1. The molecular weight excluding hydrogens is 296 g/mol. The second-order valence-electron chi connectivity index (χ2n) is 6.62. The molecule has 1 aromatic carbocycles. The molecule has 1 aromatic rings. The van der Waals surface area contributed by atoms with Gasteiger partial charge in [-0.3, -0.25) is 0 Å². The van der Waals surface area contributed by atoms with E-state index in [1.165, 1.54) is 0 Å². The number of carbonyl (C=O) groups is 2. The summed E-state index contributed by atoms with van der Waals surface area (Å²) < 4.78 is 5.38. The number of benzene rings is 1. The van der Waals surface area contributed by atoms with Crippen molar-refractivity contribution in [3.63, 3.8) is 0 Å². The molecular formula is C16H24N4O3. The van der Waals surface area contributed by atoms with Crippen LogP contribution in [0.2, 0.25) is 0 Å². The maximum atomic E-state index is 12.0. The van der Waals surface area contributed by atoms with Crippen molar-refractivity contribution in [2.24, 2.45) is 5.73 Å². The standard InChI is InChI=1S/C16H24N4O3/c1-16(2,3)23-15(22)20-9-8-13(10-20)18-11-4-6-12(7-5-11)19-14(17)21/h4-7,13,18H,8-10H2,1-3H3,(H3,17,19,21). The highest BCUT2D eigenvalue weighted by molar-refractivity contribution is 5.87. The molecule has 23 heavy (non-hydrogen) atoms. The highest BCUT2D eigenvalue weighted by Crippen LogP contribution is 2.20. The zero-order valence-electron chi connectivity index (χ0n) is 13.8. The van der Waals surface area contributed by atoms with E-state index in [9.17, 15) is 9.59 Å². The molecule has 1 atom stereocenters. The van der Waals surface area contributed by atoms with E-state index in [1.807, 2.05) is 32.9 Å². The van der Waals surface area contributed by atoms with Crippen LogP contribution in [0, 0.1) is 0 Å². The predicted octanol–water partition coefficient (Wildman–Crippen LogP) is 2.60. The van der Waals surface area contributed by atoms with Crippen LogP contribution >= 0.6 is 0 Å². The molecule has 3 amide bonds. The molecule has 7 heteroatoms. The first-order chi connectivity index (χ1) is 10.7. The fourth-order valence-corrected chi connectivity index (χ4v) is 2.40. The van der Waals surface area contributed by atoms with Crippen LogP contribution in [0.15, 0.2) is 24.3 Å². The van der Waals surface area contributed by atoms with Crippen molar-refractivity contribution >= 4 is 23.5 Å². The minimum absolute atomic E-state index is 0.178. The first kappa shape index (κ1) is 16.9. The van der Waals surface area contributed by atoms with Gasteiger partial charge in [0.15, 0.2) is 0 Å². The van der Waals surface area contributed by atoms with Crippen LogP contribution in [0.3, 0.4) is 0 Å². The topological polar surface area (TPSA) is 96.7 Å². The van der Waals surface area contributed by atoms with Gasteiger partial charge in [0.05, 0.1) is 0 Å². The average molecular weight is 320 g/mol. The number of hydrogen-bond donors (Lipinski definition) is 3. The molecule has 1 fully saturated rings. The van der Waals surface area contributed by atoms with Crippen molar-refractivity contribution in [2.45, 2.75) is 38.8 Å². The number of urea groups is 1. The summed E-state index contributed by atoms with van der Waals surface area (Å²) in [4.78, 5) is 24.5. The molecule has 4 N–H and O–H groups in total. The Bertz CT molecular complexity index is 566. The Labute approximate surface area is 136 Å². The molecule has 0 radical (unpaired) electrons. The molecule has 0 spiro atoms. The fourth-order valence-electron chi connectivity index (χ4n) is 2.40. The maximum Gasteiger partial charge on any atom is 0.410 e. The second-order valence-corrected chi connectivity index (χ2v) is 6.62. The Morgan fingerprint density at radius 3 is 2.39 bits per heavy atom. The summed E-state index contributed by atoms with van der Waals surface area (Å²) in [7, 11) is 0. The summed E-state index contributed by atoms with van der Waals surface area (Å²) in [5.41, 5.74) is 6.16. The number of rotatable bonds is 3. The van der Waals surface area contributed by atoms with E-state index in [4.69, 9.17) is 10.5 Å². The predicted molar refractivity (Wildman–Crippen MR) is 89.5 cm³/mol. The molecule has 0 saturated carbocycles. The van der Waals surface area contributed by atoms with Crippen molar-refractivity contribution in [3.05, 3.63) is 24.3 Å². The third-order valence-electron chi connectivity index (χ3n) is 3.36. The van der Waals surface area contributed by atoms with Gasteiger partial charge in [0.25, 0.3) is 0 Å². The third-order valence-corrected chi connectivity index (χ3v) is 3.36. The van der Waals surface area contributed by atoms with E-state index in [1.54, 1.807) is 17.0 Å². The number of primary amides is 1. The van der Waals surface area contributed by atoms with Crippen LogP contribution < -0.4 is 16.4 Å². The molecule has 0 aromatic heterocycles. The van der Waals surface area contributed by atoms with Gasteiger partial charge in [0, 0.05) is 30.5 Å². The van der Waals surface area contributed by atoms with Gasteiger partial charge in [0.2, 0.25) is 0 Å². The number of amides is 3. The van der Waals surface area contributed by atoms with Gasteiger partial charge in [-0.25, -0.2) is 9.59 Å². The molecule has 0 aliphatic carbocycles. The molecule has 1 heterocycles. The summed E-state index contributed by atoms with van der Waals surface area (Å²) in [6, 6.07) is 6.86. The van der Waals surface area contributed by atoms with Crippen LogP contribution in [-0.4, -0.2) is 41.8 Å². The molecule has 0 bridgehead atoms. The summed E-state index contributed by atoms with van der Waals surface area (Å²) in [5.74, 6) is 0. The van der Waals surface area contributed by atoms with E-state index in [0.717, 1.165) is 12.1 Å². The van der Waals surface area contributed by atoms with Gasteiger partial charge >= 0.3 is 12.1 Å². The van der Waals surface area contributed by atoms with E-state index >= 15 is 0 Å². The van der Waals surface area contributed by atoms with Crippen LogP contribution in [0.25, 0.3) is 0 Å². The number of carbonyl (C=O) groups excluding carboxylic acids is 2. The highest BCUT2D eigenvalue weighted by atomic mass is 16.6. The largest absolute Gasteiger partial charge is 0.444 e. The van der Waals surface area contributed by atoms with Crippen molar-refractivity contribution in [1.82, 2.24) is 4.90 Å². The lowest BCUT2D eigenvalue weighted by atomic mass is 10.2. The number of anilines is 2. The van der Waals surface area contributed by atoms with Gasteiger partial charge in [0.1, 0.15) is 5.60 Å². The normalized spacial score (nSPS) is 17.7. The Balaban J connectivity index is 1.85. The van der Waals surface area contributed by atoms with E-state index in [0.29, 0.717) is 18.8 Å². The second kappa shape index (κ2) is 6.76. The van der Waals surface area contributed by atoms with Crippen molar-refractivity contribution in [2.75, 3.05) is 23.7 Å². The fraction of sp³-hybridized carbons (Fsp3) is 0.500. The molecule has 126 valence electrons. The number of hydrogen-bond acceptors (Lipinski definition) is 4. The number of nitrogens with zero attached hydrogens (tertiary/aromatic N) is 1. The Kier molecular flexibility index (Phi) is 4.98. The Hall–Kier alpha value is -2.44. The number of nitrogens with two attached hydrogens (primary N) is 1. The summed E-state index contributed by atoms with van der Waals surface area (Å²) in [5, 5.41) is 5.89. The SMILES string of the molecule is CC(C)(C)OC(=O)N1CCC(Nc2ccc(NC(N)=O)cc2)C1. The zero-order chi connectivity index (χ0) is 17.0. The minimum Gasteiger partial charge on any atom is -0.444 e. The number of ether oxygens (including phenoxy) is 1. The van der Waals surface area contributed by atoms with Crippen LogP contribution in [0.4, 0.5) is 21.0 Å². The first-order valence-corrected chi connectivity index (χ1v) is 7.64. The summed E-state index contributed by atoms with van der Waals surface area (Å²) in [6.45, 7) is 6.86. The van der Waals surface area contributed by atoms with Gasteiger partial charge in [-0.1, -0.05) is 0 Å². The average Bonchev–Trinajstić information content (AvgIpc) is 2.87. The first-order valence-electron chi connectivity index (χ1n) is 7.64. The summed E-state index contributed by atoms with van der Waals surface area (Å²) >= 11 is 0. The van der Waals surface area contributed by atoms with Gasteiger partial charge in [-0.15, -0.1) is 0 Å². The van der Waals surface area contributed by atoms with Crippen LogP contribution in [-0.2, 0) is 4.74 Å². The smallest absolute Gasteiger partial charge is 0.410 e. The van der Waals surface area contributed by atoms with Crippen LogP contribution in [0.5, 0.6) is 0 Å². The Morgan fingerprint density at radius 2 is 1.83 bits per heavy atom. The molecule has 1 aliphatic heterocycles. The van der Waals surface area contributed by atoms with E-state index in [-0.39, 0.29) is 12.1 Å². The molecule has 1 aliphatic rings. The molecule has 2 rings (SSSR count). The lowest BCUT2D eigenvalue weighted by molar-refractivity contribution is 0.0293. The van der Waals surface area contributed by atoms with Crippen molar-refractivity contribution in [3.8, 4) is 0 Å². The van der Waals surface area contributed by atoms with Crippen molar-refractivity contribution < 1.29 is 14.3 Å². The lowest BCUT2D eigenvalue weighted by Crippen LogP contribution is -2.36. The highest BCUT2D eigenvalue weighted by Gasteiger charge is 2.29. The van der Waals surface area contributed by atoms with E-state index < -0.39 is 11.6 Å². The van der Waals surface area contributed by atoms with Gasteiger partial charge in [-0.2, -0.15) is 0 Å². The molecule has 7 nitrogen and oxygen atoms in total. The molecule has 1 saturated heterocycles. The van der Waals surface area contributed by atoms with Crippen LogP contribution in [0.1, 0.15) is 27.2 Å². The summed E-state index contributed by atoms with van der Waals surface area (Å²) in [6.07, 6.45) is 0.586. The zero-order valence-corrected chi connectivity index (χ0v) is 13.8. The van der Waals surface area contributed by atoms with Gasteiger partial charge in [-0.05, 0) is 51.5 Å². The molecule has 1 unspecified atom stereocenters. The third kappa shape index (κ3) is 5.36. The number of nitrogens with one attached hydrogen (secondary N) is 2. The minimum atomic E-state index is -0.588. The lowest BCUT2D eigenvalue weighted by Gasteiger charge is -2.24. The van der Waals surface area contributed by atoms with E-state index in [2.05, 4.69) is 10.6 Å². The quantitative estimate of drug-likeness (QED) is 0.797. The van der Waals surface area contributed by atoms with Crippen molar-refractivity contribution in [1.29, 1.82) is 0 Å². The maximum absolute atomic E-state index is 12.0. The Morgan fingerprint density at radius 1 is 1.22 bits per heavy atom.